The topological polar surface area (TPSA) is 113 Å². The fourth-order valence-electron chi connectivity index (χ4n) is 4.23. The molecule has 4 aromatic heterocycles. The Morgan fingerprint density at radius 3 is 2.43 bits per heavy atom. The highest BCUT2D eigenvalue weighted by molar-refractivity contribution is 6.00. The van der Waals surface area contributed by atoms with E-state index in [1.807, 2.05) is 6.92 Å². The number of aromatic nitrogens is 8. The molecule has 0 bridgehead atoms. The van der Waals surface area contributed by atoms with Crippen molar-refractivity contribution in [3.63, 3.8) is 0 Å². The average molecular weight is 515 g/mol. The fraction of sp³-hybridized carbons (Fsp3) is 0.217. The number of hydrogen-bond acceptors (Lipinski definition) is 7. The average Bonchev–Trinajstić information content (AvgIpc) is 3.42. The van der Waals surface area contributed by atoms with Gasteiger partial charge in [-0.25, -0.2) is 33.4 Å². The number of nitrogens with two attached hydrogens (primary N) is 1. The number of hydrogen-bond donors (Lipinski definition) is 1. The van der Waals surface area contributed by atoms with Crippen LogP contribution in [0.4, 0.5) is 27.8 Å². The van der Waals surface area contributed by atoms with Gasteiger partial charge in [-0.1, -0.05) is 12.1 Å². The molecule has 0 aliphatic rings. The number of alkyl halides is 3. The third kappa shape index (κ3) is 4.13. The Morgan fingerprint density at radius 1 is 1.05 bits per heavy atom. The molecule has 0 amide bonds. The Kier molecular flexibility index (Phi) is 5.80. The van der Waals surface area contributed by atoms with Gasteiger partial charge in [-0.15, -0.1) is 5.10 Å². The van der Waals surface area contributed by atoms with Crippen LogP contribution in [-0.4, -0.2) is 39.5 Å². The third-order valence-electron chi connectivity index (χ3n) is 5.96. The first-order chi connectivity index (χ1) is 17.6. The lowest BCUT2D eigenvalue weighted by Gasteiger charge is -2.17. The van der Waals surface area contributed by atoms with Crippen LogP contribution in [0.3, 0.4) is 0 Å². The Labute approximate surface area is 205 Å². The van der Waals surface area contributed by atoms with Gasteiger partial charge in [0.15, 0.2) is 5.82 Å². The second kappa shape index (κ2) is 8.87. The number of nitrogen functional groups attached to an aromatic ring is 1. The van der Waals surface area contributed by atoms with Gasteiger partial charge in [0.2, 0.25) is 5.82 Å². The molecule has 0 aliphatic carbocycles. The zero-order chi connectivity index (χ0) is 26.5. The van der Waals surface area contributed by atoms with Gasteiger partial charge >= 0.3 is 6.18 Å². The van der Waals surface area contributed by atoms with Crippen LogP contribution in [0.5, 0.6) is 0 Å². The minimum Gasteiger partial charge on any atom is -0.383 e. The van der Waals surface area contributed by atoms with Crippen LogP contribution in [0, 0.1) is 18.6 Å². The van der Waals surface area contributed by atoms with Crippen LogP contribution in [0.1, 0.15) is 36.6 Å². The first kappa shape index (κ1) is 24.2. The summed E-state index contributed by atoms with van der Waals surface area (Å²) < 4.78 is 69.7. The molecular formula is C23H18F5N9. The van der Waals surface area contributed by atoms with Gasteiger partial charge in [0, 0.05) is 35.8 Å². The van der Waals surface area contributed by atoms with Gasteiger partial charge in [0.25, 0.3) is 0 Å². The molecule has 5 rings (SSSR count). The van der Waals surface area contributed by atoms with Crippen molar-refractivity contribution in [2.75, 3.05) is 5.73 Å². The summed E-state index contributed by atoms with van der Waals surface area (Å²) in [6.07, 6.45) is 0.845. The Balaban J connectivity index is 1.64. The van der Waals surface area contributed by atoms with E-state index in [1.54, 1.807) is 17.7 Å². The molecule has 1 atom stereocenters. The van der Waals surface area contributed by atoms with E-state index in [-0.39, 0.29) is 17.1 Å². The predicted molar refractivity (Wildman–Crippen MR) is 122 cm³/mol. The Hall–Kier alpha value is -4.49. The van der Waals surface area contributed by atoms with Crippen LogP contribution >= 0.6 is 0 Å². The van der Waals surface area contributed by atoms with E-state index in [0.717, 1.165) is 24.5 Å². The summed E-state index contributed by atoms with van der Waals surface area (Å²) in [7, 11) is 0. The number of halogens is 5. The van der Waals surface area contributed by atoms with E-state index in [4.69, 9.17) is 5.73 Å². The minimum absolute atomic E-state index is 0.0269. The largest absolute Gasteiger partial charge is 0.451 e. The third-order valence-corrected chi connectivity index (χ3v) is 5.96. The highest BCUT2D eigenvalue weighted by Gasteiger charge is 2.34. The summed E-state index contributed by atoms with van der Waals surface area (Å²) >= 11 is 0. The minimum atomic E-state index is -4.69. The van der Waals surface area contributed by atoms with Gasteiger partial charge in [0.1, 0.15) is 35.0 Å². The second-order valence-electron chi connectivity index (χ2n) is 8.19. The Bertz CT molecular complexity index is 1610. The quantitative estimate of drug-likeness (QED) is 0.339. The van der Waals surface area contributed by atoms with E-state index in [0.29, 0.717) is 34.4 Å². The van der Waals surface area contributed by atoms with E-state index in [2.05, 4.69) is 30.2 Å². The van der Waals surface area contributed by atoms with Crippen LogP contribution in [0.15, 0.2) is 43.1 Å². The van der Waals surface area contributed by atoms with Crippen molar-refractivity contribution in [2.45, 2.75) is 32.5 Å². The van der Waals surface area contributed by atoms with Crippen molar-refractivity contribution in [2.24, 2.45) is 0 Å². The summed E-state index contributed by atoms with van der Waals surface area (Å²) in [5.41, 5.74) is 8.25. The molecular weight excluding hydrogens is 497 g/mol. The summed E-state index contributed by atoms with van der Waals surface area (Å²) in [4.78, 5) is 15.3. The van der Waals surface area contributed by atoms with Crippen molar-refractivity contribution in [3.05, 3.63) is 72.0 Å². The lowest BCUT2D eigenvalue weighted by molar-refractivity contribution is -0.144. The molecule has 0 radical (unpaired) electrons. The van der Waals surface area contributed by atoms with Crippen LogP contribution in [0.25, 0.3) is 27.8 Å². The molecule has 9 nitrogen and oxygen atoms in total. The molecule has 4 heterocycles. The van der Waals surface area contributed by atoms with Crippen molar-refractivity contribution < 1.29 is 22.0 Å². The number of rotatable bonds is 5. The fourth-order valence-corrected chi connectivity index (χ4v) is 4.23. The molecule has 2 N–H and O–H groups in total. The summed E-state index contributed by atoms with van der Waals surface area (Å²) in [5.74, 6) is -2.68. The Morgan fingerprint density at radius 2 is 1.78 bits per heavy atom. The summed E-state index contributed by atoms with van der Waals surface area (Å²) in [6, 6.07) is 2.66. The number of benzene rings is 1. The molecule has 37 heavy (non-hydrogen) atoms. The molecule has 0 fully saturated rings. The highest BCUT2D eigenvalue weighted by Crippen LogP contribution is 2.37. The zero-order valence-electron chi connectivity index (χ0n) is 19.4. The summed E-state index contributed by atoms with van der Waals surface area (Å²) in [5, 5.41) is 8.74. The monoisotopic (exact) mass is 515 g/mol. The van der Waals surface area contributed by atoms with Crippen molar-refractivity contribution in [1.29, 1.82) is 0 Å². The molecule has 0 spiro atoms. The molecule has 14 heteroatoms. The maximum atomic E-state index is 14.4. The standard InChI is InChI=1S/C23H18F5N9/c1-3-16(19-11(2)37(35-34-19)17-5-4-13(24)6-15(17)25)36-9-14(18-20(29)32-10-33-21(18)36)12-7-30-22(31-8-12)23(26,27)28/h4-10,16H,3H2,1-2H3,(H2,29,32,33)/t16-/m0/s1. The van der Waals surface area contributed by atoms with Gasteiger partial charge in [-0.3, -0.25) is 0 Å². The number of anilines is 1. The maximum absolute atomic E-state index is 14.4. The maximum Gasteiger partial charge on any atom is 0.451 e. The van der Waals surface area contributed by atoms with Crippen molar-refractivity contribution in [1.82, 2.24) is 39.5 Å². The van der Waals surface area contributed by atoms with Gasteiger partial charge < -0.3 is 10.3 Å². The molecule has 1 aromatic carbocycles. The van der Waals surface area contributed by atoms with E-state index in [9.17, 15) is 22.0 Å². The van der Waals surface area contributed by atoms with Crippen LogP contribution < -0.4 is 5.73 Å². The smallest absolute Gasteiger partial charge is 0.383 e. The normalized spacial score (nSPS) is 12.8. The van der Waals surface area contributed by atoms with Gasteiger partial charge in [0.05, 0.1) is 17.1 Å². The van der Waals surface area contributed by atoms with Crippen molar-refractivity contribution >= 4 is 16.9 Å². The lowest BCUT2D eigenvalue weighted by atomic mass is 10.1. The molecule has 0 saturated heterocycles. The number of nitrogens with zero attached hydrogens (tertiary/aromatic N) is 8. The molecule has 5 aromatic rings. The van der Waals surface area contributed by atoms with Crippen molar-refractivity contribution in [3.8, 4) is 16.8 Å². The highest BCUT2D eigenvalue weighted by atomic mass is 19.4. The molecule has 0 unspecified atom stereocenters. The first-order valence-electron chi connectivity index (χ1n) is 11.0. The van der Waals surface area contributed by atoms with Gasteiger partial charge in [-0.2, -0.15) is 13.2 Å². The van der Waals surface area contributed by atoms with Crippen LogP contribution in [-0.2, 0) is 6.18 Å². The predicted octanol–water partition coefficient (Wildman–Crippen LogP) is 4.66. The second-order valence-corrected chi connectivity index (χ2v) is 8.19. The summed E-state index contributed by atoms with van der Waals surface area (Å²) in [6.45, 7) is 3.58. The van der Waals surface area contributed by atoms with Crippen LogP contribution in [0.2, 0.25) is 0 Å². The zero-order valence-corrected chi connectivity index (χ0v) is 19.4. The lowest BCUT2D eigenvalue weighted by Crippen LogP contribution is -2.12. The molecule has 190 valence electrons. The SMILES string of the molecule is CC[C@@H](c1nnn(-c2ccc(F)cc2F)c1C)n1cc(-c2cnc(C(F)(F)F)nc2)c2c(N)ncnc21. The number of fused-ring (bicyclic) bond motifs is 1. The van der Waals surface area contributed by atoms with E-state index < -0.39 is 29.7 Å². The van der Waals surface area contributed by atoms with E-state index >= 15 is 0 Å². The van der Waals surface area contributed by atoms with E-state index in [1.165, 1.54) is 17.1 Å². The first-order valence-corrected chi connectivity index (χ1v) is 11.0. The van der Waals surface area contributed by atoms with Gasteiger partial charge in [-0.05, 0) is 25.5 Å². The molecule has 0 saturated carbocycles. The molecule has 0 aliphatic heterocycles.